The Labute approximate surface area is 168 Å². The van der Waals surface area contributed by atoms with E-state index < -0.39 is 23.5 Å². The normalized spacial score (nSPS) is 10.7. The summed E-state index contributed by atoms with van der Waals surface area (Å²) in [6, 6.07) is 10.7. The summed E-state index contributed by atoms with van der Waals surface area (Å²) in [7, 11) is 0. The number of halogens is 3. The molecule has 0 radical (unpaired) electrons. The topological polar surface area (TPSA) is 80.6 Å². The standard InChI is InChI=1S/C20H12ClF2N3O3/c21-16-9-18(23)17(22)8-15(16)20(28)29-14-5-3-12(4-6-14)10-25-26-19(27)13-2-1-7-24-11-13/h1-11H,(H,26,27)/b25-10-. The van der Waals surface area contributed by atoms with E-state index in [1.54, 1.807) is 30.5 Å². The average Bonchev–Trinajstić information content (AvgIpc) is 2.72. The van der Waals surface area contributed by atoms with Crippen molar-refractivity contribution in [3.63, 3.8) is 0 Å². The monoisotopic (exact) mass is 415 g/mol. The van der Waals surface area contributed by atoms with Gasteiger partial charge in [-0.25, -0.2) is 19.0 Å². The molecule has 0 fully saturated rings. The number of carbonyl (C=O) groups is 2. The third-order valence-corrected chi connectivity index (χ3v) is 3.94. The number of carbonyl (C=O) groups excluding carboxylic acids is 2. The van der Waals surface area contributed by atoms with Crippen molar-refractivity contribution < 1.29 is 23.1 Å². The molecular weight excluding hydrogens is 404 g/mol. The molecule has 1 aromatic heterocycles. The third-order valence-electron chi connectivity index (χ3n) is 3.62. The van der Waals surface area contributed by atoms with Gasteiger partial charge in [0.05, 0.1) is 22.4 Å². The average molecular weight is 416 g/mol. The second-order valence-electron chi connectivity index (χ2n) is 5.65. The summed E-state index contributed by atoms with van der Waals surface area (Å²) in [4.78, 5) is 27.8. The van der Waals surface area contributed by atoms with Gasteiger partial charge in [0.2, 0.25) is 0 Å². The van der Waals surface area contributed by atoms with Gasteiger partial charge in [0.25, 0.3) is 5.91 Å². The lowest BCUT2D eigenvalue weighted by molar-refractivity contribution is 0.0734. The van der Waals surface area contributed by atoms with E-state index in [2.05, 4.69) is 15.5 Å². The highest BCUT2D eigenvalue weighted by molar-refractivity contribution is 6.33. The zero-order valence-electron chi connectivity index (χ0n) is 14.6. The Morgan fingerprint density at radius 1 is 1.10 bits per heavy atom. The van der Waals surface area contributed by atoms with Crippen LogP contribution in [0.1, 0.15) is 26.3 Å². The number of ether oxygens (including phenoxy) is 1. The quantitative estimate of drug-likeness (QED) is 0.224. The summed E-state index contributed by atoms with van der Waals surface area (Å²) in [6.45, 7) is 0. The van der Waals surface area contributed by atoms with Crippen molar-refractivity contribution in [1.82, 2.24) is 10.4 Å². The number of benzene rings is 2. The van der Waals surface area contributed by atoms with Gasteiger partial charge in [0, 0.05) is 12.4 Å². The fraction of sp³-hybridized carbons (Fsp3) is 0. The highest BCUT2D eigenvalue weighted by Crippen LogP contribution is 2.22. The Kier molecular flexibility index (Phi) is 6.25. The number of nitrogens with one attached hydrogen (secondary N) is 1. The number of esters is 1. The highest BCUT2D eigenvalue weighted by atomic mass is 35.5. The minimum atomic E-state index is -1.21. The molecule has 0 unspecified atom stereocenters. The molecule has 0 aliphatic rings. The molecule has 146 valence electrons. The molecule has 1 heterocycles. The first-order valence-corrected chi connectivity index (χ1v) is 8.52. The van der Waals surface area contributed by atoms with Crippen molar-refractivity contribution in [2.75, 3.05) is 0 Å². The van der Waals surface area contributed by atoms with Crippen molar-refractivity contribution in [2.45, 2.75) is 0 Å². The number of hydrazone groups is 1. The third kappa shape index (κ3) is 5.20. The fourth-order valence-corrected chi connectivity index (χ4v) is 2.42. The Balaban J connectivity index is 1.61. The predicted molar refractivity (Wildman–Crippen MR) is 102 cm³/mol. The molecule has 0 saturated heterocycles. The van der Waals surface area contributed by atoms with E-state index in [1.807, 2.05) is 0 Å². The van der Waals surface area contributed by atoms with Crippen LogP contribution in [0.25, 0.3) is 0 Å². The van der Waals surface area contributed by atoms with Crippen LogP contribution in [0.2, 0.25) is 5.02 Å². The molecule has 1 N–H and O–H groups in total. The van der Waals surface area contributed by atoms with Crippen LogP contribution in [0.3, 0.4) is 0 Å². The summed E-state index contributed by atoms with van der Waals surface area (Å²) >= 11 is 5.75. The zero-order chi connectivity index (χ0) is 20.8. The SMILES string of the molecule is O=C(N/N=C\c1ccc(OC(=O)c2cc(F)c(F)cc2Cl)cc1)c1cccnc1. The Morgan fingerprint density at radius 2 is 1.83 bits per heavy atom. The number of aromatic nitrogens is 1. The maximum atomic E-state index is 13.3. The summed E-state index contributed by atoms with van der Waals surface area (Å²) in [5.41, 5.74) is 3.04. The lowest BCUT2D eigenvalue weighted by atomic mass is 10.2. The summed E-state index contributed by atoms with van der Waals surface area (Å²) in [6.07, 6.45) is 4.36. The van der Waals surface area contributed by atoms with E-state index in [1.165, 1.54) is 24.5 Å². The van der Waals surface area contributed by atoms with Crippen LogP contribution in [0.4, 0.5) is 8.78 Å². The van der Waals surface area contributed by atoms with Crippen LogP contribution < -0.4 is 10.2 Å². The van der Waals surface area contributed by atoms with Gasteiger partial charge < -0.3 is 4.74 Å². The molecule has 1 amide bonds. The number of rotatable bonds is 5. The van der Waals surface area contributed by atoms with E-state index in [0.717, 1.165) is 0 Å². The maximum Gasteiger partial charge on any atom is 0.345 e. The van der Waals surface area contributed by atoms with Gasteiger partial charge in [-0.1, -0.05) is 11.6 Å². The van der Waals surface area contributed by atoms with Crippen molar-refractivity contribution in [1.29, 1.82) is 0 Å². The van der Waals surface area contributed by atoms with Crippen LogP contribution in [-0.4, -0.2) is 23.1 Å². The van der Waals surface area contributed by atoms with E-state index in [-0.39, 0.29) is 16.3 Å². The summed E-state index contributed by atoms with van der Waals surface area (Å²) < 4.78 is 31.5. The minimum Gasteiger partial charge on any atom is -0.423 e. The number of hydrogen-bond acceptors (Lipinski definition) is 5. The van der Waals surface area contributed by atoms with E-state index in [9.17, 15) is 18.4 Å². The zero-order valence-corrected chi connectivity index (χ0v) is 15.4. The number of nitrogens with zero attached hydrogens (tertiary/aromatic N) is 2. The molecule has 0 aliphatic heterocycles. The molecule has 9 heteroatoms. The van der Waals surface area contributed by atoms with Crippen LogP contribution >= 0.6 is 11.6 Å². The Morgan fingerprint density at radius 3 is 2.52 bits per heavy atom. The summed E-state index contributed by atoms with van der Waals surface area (Å²) in [5.74, 6) is -3.55. The molecule has 0 aliphatic carbocycles. The van der Waals surface area contributed by atoms with Gasteiger partial charge in [0.15, 0.2) is 11.6 Å². The van der Waals surface area contributed by atoms with Crippen LogP contribution in [-0.2, 0) is 0 Å². The molecular formula is C20H12ClF2N3O3. The van der Waals surface area contributed by atoms with E-state index in [0.29, 0.717) is 23.3 Å². The molecule has 0 spiro atoms. The molecule has 0 bridgehead atoms. The number of amides is 1. The van der Waals surface area contributed by atoms with Gasteiger partial charge in [0.1, 0.15) is 5.75 Å². The second-order valence-corrected chi connectivity index (χ2v) is 6.05. The first kappa shape index (κ1) is 20.1. The maximum absolute atomic E-state index is 13.3. The van der Waals surface area contributed by atoms with Gasteiger partial charge in [-0.05, 0) is 54.1 Å². The second kappa shape index (κ2) is 9.03. The fourth-order valence-electron chi connectivity index (χ4n) is 2.19. The molecule has 0 atom stereocenters. The highest BCUT2D eigenvalue weighted by Gasteiger charge is 2.17. The lowest BCUT2D eigenvalue weighted by Gasteiger charge is -2.07. The van der Waals surface area contributed by atoms with E-state index >= 15 is 0 Å². The number of hydrogen-bond donors (Lipinski definition) is 1. The van der Waals surface area contributed by atoms with Crippen molar-refractivity contribution >= 4 is 29.7 Å². The van der Waals surface area contributed by atoms with Crippen molar-refractivity contribution in [2.24, 2.45) is 5.10 Å². The number of pyridine rings is 1. The van der Waals surface area contributed by atoms with Gasteiger partial charge in [-0.3, -0.25) is 9.78 Å². The lowest BCUT2D eigenvalue weighted by Crippen LogP contribution is -2.17. The molecule has 6 nitrogen and oxygen atoms in total. The van der Waals surface area contributed by atoms with E-state index in [4.69, 9.17) is 16.3 Å². The van der Waals surface area contributed by atoms with Crippen LogP contribution in [0.15, 0.2) is 66.0 Å². The smallest absolute Gasteiger partial charge is 0.345 e. The molecule has 3 rings (SSSR count). The van der Waals surface area contributed by atoms with Crippen LogP contribution in [0, 0.1) is 11.6 Å². The predicted octanol–water partition coefficient (Wildman–Crippen LogP) is 4.00. The van der Waals surface area contributed by atoms with Crippen molar-refractivity contribution in [3.8, 4) is 5.75 Å². The molecule has 3 aromatic rings. The van der Waals surface area contributed by atoms with Crippen molar-refractivity contribution in [3.05, 3.63) is 94.3 Å². The molecule has 0 saturated carbocycles. The van der Waals surface area contributed by atoms with Gasteiger partial charge in [-0.15, -0.1) is 0 Å². The summed E-state index contributed by atoms with van der Waals surface area (Å²) in [5, 5.41) is 3.57. The largest absolute Gasteiger partial charge is 0.423 e. The molecule has 2 aromatic carbocycles. The minimum absolute atomic E-state index is 0.160. The first-order valence-electron chi connectivity index (χ1n) is 8.14. The van der Waals surface area contributed by atoms with Gasteiger partial charge >= 0.3 is 5.97 Å². The molecule has 29 heavy (non-hydrogen) atoms. The Hall–Kier alpha value is -3.65. The Bertz CT molecular complexity index is 1070. The van der Waals surface area contributed by atoms with Gasteiger partial charge in [-0.2, -0.15) is 5.10 Å². The first-order chi connectivity index (χ1) is 13.9. The van der Waals surface area contributed by atoms with Crippen LogP contribution in [0.5, 0.6) is 5.75 Å².